The zero-order valence-corrected chi connectivity index (χ0v) is 23.0. The van der Waals surface area contributed by atoms with E-state index in [0.717, 1.165) is 34.6 Å². The van der Waals surface area contributed by atoms with Crippen molar-refractivity contribution in [3.8, 4) is 5.75 Å². The summed E-state index contributed by atoms with van der Waals surface area (Å²) >= 11 is 1.79. The first-order valence-corrected chi connectivity index (χ1v) is 13.5. The fraction of sp³-hybridized carbons (Fsp3) is 0.367. The SMILES string of the molecule is CC.CSCCCOc1ccc(C)cc1CN(C(C)=O)c1cc(F)ccc1C.Cc1ccccc1. The Hall–Kier alpha value is -2.79. The normalized spacial score (nSPS) is 9.83. The molecule has 0 unspecified atom stereocenters. The quantitative estimate of drug-likeness (QED) is 0.294. The first-order chi connectivity index (χ1) is 16.8. The number of ether oxygens (including phenoxy) is 1. The van der Waals surface area contributed by atoms with E-state index in [1.807, 2.05) is 64.1 Å². The molecule has 5 heteroatoms. The predicted molar refractivity (Wildman–Crippen MR) is 150 cm³/mol. The van der Waals surface area contributed by atoms with Crippen LogP contribution >= 0.6 is 11.8 Å². The van der Waals surface area contributed by atoms with E-state index in [4.69, 9.17) is 4.74 Å². The number of thioether (sulfide) groups is 1. The topological polar surface area (TPSA) is 29.5 Å². The van der Waals surface area contributed by atoms with Gasteiger partial charge in [-0.2, -0.15) is 11.8 Å². The second-order valence-corrected chi connectivity index (χ2v) is 8.98. The van der Waals surface area contributed by atoms with Gasteiger partial charge in [0.25, 0.3) is 0 Å². The number of hydrogen-bond acceptors (Lipinski definition) is 3. The lowest BCUT2D eigenvalue weighted by Crippen LogP contribution is -2.29. The minimum atomic E-state index is -0.352. The van der Waals surface area contributed by atoms with Gasteiger partial charge in [-0.05, 0) is 63.0 Å². The third kappa shape index (κ3) is 11.0. The van der Waals surface area contributed by atoms with Gasteiger partial charge in [0, 0.05) is 18.2 Å². The van der Waals surface area contributed by atoms with Crippen LogP contribution in [0.4, 0.5) is 10.1 Å². The van der Waals surface area contributed by atoms with Gasteiger partial charge >= 0.3 is 0 Å². The van der Waals surface area contributed by atoms with Crippen LogP contribution in [-0.4, -0.2) is 24.5 Å². The number of anilines is 1. The van der Waals surface area contributed by atoms with Gasteiger partial charge in [0.15, 0.2) is 0 Å². The largest absolute Gasteiger partial charge is 0.493 e. The van der Waals surface area contributed by atoms with E-state index in [1.54, 1.807) is 22.7 Å². The van der Waals surface area contributed by atoms with Crippen LogP contribution in [0.25, 0.3) is 0 Å². The highest BCUT2D eigenvalue weighted by atomic mass is 32.2. The van der Waals surface area contributed by atoms with Gasteiger partial charge < -0.3 is 9.64 Å². The molecular weight excluding hydrogens is 457 g/mol. The summed E-state index contributed by atoms with van der Waals surface area (Å²) in [6, 6.07) is 20.7. The molecule has 3 aromatic carbocycles. The predicted octanol–water partition coefficient (Wildman–Crippen LogP) is 8.15. The molecule has 35 heavy (non-hydrogen) atoms. The lowest BCUT2D eigenvalue weighted by atomic mass is 10.1. The van der Waals surface area contributed by atoms with Gasteiger partial charge in [-0.25, -0.2) is 4.39 Å². The summed E-state index contributed by atoms with van der Waals surface area (Å²) in [4.78, 5) is 13.9. The Balaban J connectivity index is 0.000000574. The number of nitrogens with zero attached hydrogens (tertiary/aromatic N) is 1. The molecule has 1 amide bonds. The number of rotatable bonds is 8. The van der Waals surface area contributed by atoms with Crippen LogP contribution in [0.15, 0.2) is 66.7 Å². The van der Waals surface area contributed by atoms with Crippen molar-refractivity contribution in [2.45, 2.75) is 54.5 Å². The maximum absolute atomic E-state index is 13.7. The fourth-order valence-electron chi connectivity index (χ4n) is 3.30. The molecule has 0 radical (unpaired) electrons. The Kier molecular flexibility index (Phi) is 14.5. The van der Waals surface area contributed by atoms with E-state index in [0.29, 0.717) is 18.8 Å². The average molecular weight is 498 g/mol. The monoisotopic (exact) mass is 497 g/mol. The number of carbonyl (C=O) groups excluding carboxylic acids is 1. The smallest absolute Gasteiger partial charge is 0.224 e. The van der Waals surface area contributed by atoms with Crippen LogP contribution in [0.3, 0.4) is 0 Å². The average Bonchev–Trinajstić information content (AvgIpc) is 2.85. The second-order valence-electron chi connectivity index (χ2n) is 8.00. The second kappa shape index (κ2) is 16.8. The molecule has 0 atom stereocenters. The zero-order chi connectivity index (χ0) is 26.2. The van der Waals surface area contributed by atoms with Crippen molar-refractivity contribution in [2.24, 2.45) is 0 Å². The molecule has 0 fully saturated rings. The summed E-state index contributed by atoms with van der Waals surface area (Å²) in [7, 11) is 0. The Morgan fingerprint density at radius 2 is 1.63 bits per heavy atom. The van der Waals surface area contributed by atoms with E-state index in [-0.39, 0.29) is 11.7 Å². The zero-order valence-electron chi connectivity index (χ0n) is 22.2. The summed E-state index contributed by atoms with van der Waals surface area (Å²) in [5.74, 6) is 1.34. The molecule has 0 aliphatic rings. The number of aryl methyl sites for hydroxylation is 3. The van der Waals surface area contributed by atoms with E-state index >= 15 is 0 Å². The molecule has 0 aliphatic heterocycles. The maximum atomic E-state index is 13.7. The molecule has 3 aromatic rings. The van der Waals surface area contributed by atoms with Crippen LogP contribution in [0.1, 0.15) is 49.4 Å². The molecule has 0 aromatic heterocycles. The van der Waals surface area contributed by atoms with Crippen LogP contribution in [0.2, 0.25) is 0 Å². The Morgan fingerprint density at radius 3 is 2.20 bits per heavy atom. The van der Waals surface area contributed by atoms with E-state index < -0.39 is 0 Å². The molecule has 0 bridgehead atoms. The van der Waals surface area contributed by atoms with E-state index in [2.05, 4.69) is 25.3 Å². The van der Waals surface area contributed by atoms with E-state index in [9.17, 15) is 9.18 Å². The van der Waals surface area contributed by atoms with Gasteiger partial charge in [0.1, 0.15) is 11.6 Å². The molecule has 3 rings (SSSR count). The Morgan fingerprint density at radius 1 is 0.943 bits per heavy atom. The molecule has 0 heterocycles. The summed E-state index contributed by atoms with van der Waals surface area (Å²) < 4.78 is 19.7. The van der Waals surface area contributed by atoms with Crippen molar-refractivity contribution in [3.63, 3.8) is 0 Å². The van der Waals surface area contributed by atoms with Crippen molar-refractivity contribution in [2.75, 3.05) is 23.5 Å². The molecule has 0 spiro atoms. The van der Waals surface area contributed by atoms with Crippen molar-refractivity contribution >= 4 is 23.4 Å². The van der Waals surface area contributed by atoms with Crippen LogP contribution < -0.4 is 9.64 Å². The fourth-order valence-corrected chi connectivity index (χ4v) is 3.71. The Labute approximate surface area is 215 Å². The van der Waals surface area contributed by atoms with Crippen LogP contribution in [0, 0.1) is 26.6 Å². The first kappa shape index (κ1) is 30.2. The van der Waals surface area contributed by atoms with Crippen LogP contribution in [-0.2, 0) is 11.3 Å². The minimum absolute atomic E-state index is 0.131. The lowest BCUT2D eigenvalue weighted by Gasteiger charge is -2.25. The molecule has 0 saturated heterocycles. The summed E-state index contributed by atoms with van der Waals surface area (Å²) in [6.07, 6.45) is 3.04. The van der Waals surface area contributed by atoms with Gasteiger partial charge in [-0.15, -0.1) is 0 Å². The third-order valence-corrected chi connectivity index (χ3v) is 5.77. The van der Waals surface area contributed by atoms with Crippen molar-refractivity contribution in [3.05, 3.63) is 94.8 Å². The molecule has 0 saturated carbocycles. The third-order valence-electron chi connectivity index (χ3n) is 5.08. The number of halogens is 1. The molecule has 190 valence electrons. The van der Waals surface area contributed by atoms with Gasteiger partial charge in [0.2, 0.25) is 5.91 Å². The van der Waals surface area contributed by atoms with Crippen molar-refractivity contribution in [1.29, 1.82) is 0 Å². The highest BCUT2D eigenvalue weighted by Crippen LogP contribution is 2.28. The molecular formula is C30H40FNO2S. The summed E-state index contributed by atoms with van der Waals surface area (Å²) in [5.41, 5.74) is 4.79. The summed E-state index contributed by atoms with van der Waals surface area (Å²) in [6.45, 7) is 12.4. The highest BCUT2D eigenvalue weighted by molar-refractivity contribution is 7.98. The maximum Gasteiger partial charge on any atom is 0.224 e. The molecule has 0 aliphatic carbocycles. The number of carbonyl (C=O) groups is 1. The number of benzene rings is 3. The molecule has 0 N–H and O–H groups in total. The van der Waals surface area contributed by atoms with Gasteiger partial charge in [-0.3, -0.25) is 4.79 Å². The van der Waals surface area contributed by atoms with Crippen molar-refractivity contribution < 1.29 is 13.9 Å². The summed E-state index contributed by atoms with van der Waals surface area (Å²) in [5, 5.41) is 0. The molecule has 3 nitrogen and oxygen atoms in total. The first-order valence-electron chi connectivity index (χ1n) is 12.1. The number of amides is 1. The number of hydrogen-bond donors (Lipinski definition) is 0. The van der Waals surface area contributed by atoms with Gasteiger partial charge in [-0.1, -0.05) is 73.5 Å². The van der Waals surface area contributed by atoms with Crippen LogP contribution in [0.5, 0.6) is 5.75 Å². The Bertz CT molecular complexity index is 1020. The highest BCUT2D eigenvalue weighted by Gasteiger charge is 2.17. The lowest BCUT2D eigenvalue weighted by molar-refractivity contribution is -0.116. The minimum Gasteiger partial charge on any atom is -0.493 e. The standard InChI is InChI=1S/C21H26FNO2S.C7H8.C2H6/c1-15-6-9-21(25-10-5-11-26-4)18(12-15)14-23(17(3)24)20-13-19(22)8-7-16(20)2;1-7-5-3-2-4-6-7;1-2/h6-9,12-13H,5,10-11,14H2,1-4H3;2-6H,1H3;1-2H3. The van der Waals surface area contributed by atoms with Crippen molar-refractivity contribution in [1.82, 2.24) is 0 Å². The van der Waals surface area contributed by atoms with Gasteiger partial charge in [0.05, 0.1) is 13.2 Å². The van der Waals surface area contributed by atoms with E-state index in [1.165, 1.54) is 24.6 Å².